The van der Waals surface area contributed by atoms with Gasteiger partial charge < -0.3 is 10.2 Å². The van der Waals surface area contributed by atoms with Gasteiger partial charge in [-0.2, -0.15) is 0 Å². The lowest BCUT2D eigenvalue weighted by atomic mass is 9.88. The third-order valence-corrected chi connectivity index (χ3v) is 5.72. The first kappa shape index (κ1) is 20.5. The predicted molar refractivity (Wildman–Crippen MR) is 105 cm³/mol. The number of hydrogen-bond donors (Lipinski definition) is 1. The minimum atomic E-state index is -1.24. The number of ketones is 2. The summed E-state index contributed by atoms with van der Waals surface area (Å²) >= 11 is 5.86. The summed E-state index contributed by atoms with van der Waals surface area (Å²) in [6.45, 7) is 4.68. The van der Waals surface area contributed by atoms with Crippen LogP contribution in [0.15, 0.2) is 24.3 Å². The second-order valence-electron chi connectivity index (χ2n) is 8.00. The van der Waals surface area contributed by atoms with Crippen molar-refractivity contribution in [3.8, 4) is 0 Å². The smallest absolute Gasteiger partial charge is 0.242 e. The number of likely N-dealkylation sites (tertiary alicyclic amines) is 1. The molecule has 2 amide bonds. The zero-order valence-corrected chi connectivity index (χ0v) is 16.9. The summed E-state index contributed by atoms with van der Waals surface area (Å²) in [5.41, 5.74) is 0.607. The fourth-order valence-corrected chi connectivity index (χ4v) is 4.06. The molecule has 0 saturated carbocycles. The second kappa shape index (κ2) is 8.43. The molecule has 7 heteroatoms. The van der Waals surface area contributed by atoms with Crippen LogP contribution in [0.3, 0.4) is 0 Å². The Morgan fingerprint density at radius 1 is 1.14 bits per heavy atom. The molecule has 2 unspecified atom stereocenters. The van der Waals surface area contributed by atoms with Gasteiger partial charge in [0.1, 0.15) is 0 Å². The minimum Gasteiger partial charge on any atom is -0.345 e. The first-order chi connectivity index (χ1) is 13.3. The lowest BCUT2D eigenvalue weighted by molar-refractivity contribution is -0.144. The van der Waals surface area contributed by atoms with E-state index in [1.54, 1.807) is 29.2 Å². The van der Waals surface area contributed by atoms with Gasteiger partial charge in [0.25, 0.3) is 0 Å². The minimum absolute atomic E-state index is 0.0375. The van der Waals surface area contributed by atoms with Gasteiger partial charge in [-0.25, -0.2) is 0 Å². The number of hydrogen-bond acceptors (Lipinski definition) is 4. The predicted octanol–water partition coefficient (Wildman–Crippen LogP) is 2.49. The highest BCUT2D eigenvalue weighted by Gasteiger charge is 2.47. The normalized spacial score (nSPS) is 23.2. The summed E-state index contributed by atoms with van der Waals surface area (Å²) in [5, 5.41) is 3.23. The van der Waals surface area contributed by atoms with Gasteiger partial charge in [0.05, 0.1) is 6.04 Å². The van der Waals surface area contributed by atoms with E-state index in [1.165, 1.54) is 0 Å². The molecule has 2 atom stereocenters. The zero-order chi connectivity index (χ0) is 20.4. The van der Waals surface area contributed by atoms with Gasteiger partial charge in [-0.15, -0.1) is 0 Å². The third-order valence-electron chi connectivity index (χ3n) is 5.47. The highest BCUT2D eigenvalue weighted by atomic mass is 35.5. The standard InChI is InChI=1S/C21H25ClN2O4/c1-12(2)11-16-19(26)17(20(27)23-16)21(28)24-9-7-14(8-10-24)18(25)13-3-5-15(22)6-4-13/h3-6,12,14,16-17H,7-11H2,1-2H3,(H,23,27). The number of halogens is 1. The Bertz CT molecular complexity index is 782. The van der Waals surface area contributed by atoms with Crippen LogP contribution in [0.5, 0.6) is 0 Å². The zero-order valence-electron chi connectivity index (χ0n) is 16.1. The lowest BCUT2D eigenvalue weighted by Gasteiger charge is -2.32. The monoisotopic (exact) mass is 404 g/mol. The van der Waals surface area contributed by atoms with E-state index in [1.807, 2.05) is 13.8 Å². The van der Waals surface area contributed by atoms with Crippen LogP contribution in [0, 0.1) is 17.8 Å². The second-order valence-corrected chi connectivity index (χ2v) is 8.43. The van der Waals surface area contributed by atoms with Crippen LogP contribution in [0.1, 0.15) is 43.5 Å². The van der Waals surface area contributed by atoms with Crippen molar-refractivity contribution < 1.29 is 19.2 Å². The molecule has 0 aliphatic carbocycles. The average Bonchev–Trinajstić information content (AvgIpc) is 2.94. The van der Waals surface area contributed by atoms with Crippen molar-refractivity contribution in [2.24, 2.45) is 17.8 Å². The van der Waals surface area contributed by atoms with Gasteiger partial charge in [0.15, 0.2) is 17.5 Å². The van der Waals surface area contributed by atoms with Crippen molar-refractivity contribution >= 4 is 35.0 Å². The molecule has 2 saturated heterocycles. The number of amides is 2. The largest absolute Gasteiger partial charge is 0.345 e. The van der Waals surface area contributed by atoms with E-state index in [4.69, 9.17) is 11.6 Å². The maximum atomic E-state index is 12.8. The van der Waals surface area contributed by atoms with E-state index in [9.17, 15) is 19.2 Å². The first-order valence-electron chi connectivity index (χ1n) is 9.70. The van der Waals surface area contributed by atoms with Crippen LogP contribution in [0.25, 0.3) is 0 Å². The van der Waals surface area contributed by atoms with Gasteiger partial charge >= 0.3 is 0 Å². The molecule has 6 nitrogen and oxygen atoms in total. The number of Topliss-reactive ketones (excluding diaryl/α,β-unsaturated/α-hetero) is 2. The summed E-state index contributed by atoms with van der Waals surface area (Å²) in [5.74, 6) is -2.40. The van der Waals surface area contributed by atoms with Crippen molar-refractivity contribution in [1.82, 2.24) is 10.2 Å². The molecule has 150 valence electrons. The number of benzene rings is 1. The molecule has 1 aromatic rings. The molecule has 0 spiro atoms. The number of carbonyl (C=O) groups is 4. The van der Waals surface area contributed by atoms with Crippen molar-refractivity contribution in [3.05, 3.63) is 34.9 Å². The molecule has 3 rings (SSSR count). The molecule has 2 fully saturated rings. The molecule has 2 aliphatic rings. The Hall–Kier alpha value is -2.21. The van der Waals surface area contributed by atoms with Gasteiger partial charge in [-0.1, -0.05) is 25.4 Å². The van der Waals surface area contributed by atoms with Crippen LogP contribution in [0.2, 0.25) is 5.02 Å². The first-order valence-corrected chi connectivity index (χ1v) is 10.1. The summed E-state index contributed by atoms with van der Waals surface area (Å²) in [6, 6.07) is 6.21. The van der Waals surface area contributed by atoms with Gasteiger partial charge in [0.2, 0.25) is 11.8 Å². The van der Waals surface area contributed by atoms with Crippen molar-refractivity contribution in [2.75, 3.05) is 13.1 Å². The molecule has 1 N–H and O–H groups in total. The number of rotatable bonds is 5. The molecule has 0 aromatic heterocycles. The Morgan fingerprint density at radius 2 is 1.75 bits per heavy atom. The third kappa shape index (κ3) is 4.27. The van der Waals surface area contributed by atoms with Gasteiger partial charge in [-0.05, 0) is 49.4 Å². The summed E-state index contributed by atoms with van der Waals surface area (Å²) in [6.07, 6.45) is 1.57. The number of piperidine rings is 1. The molecule has 2 aliphatic heterocycles. The highest BCUT2D eigenvalue weighted by Crippen LogP contribution is 2.26. The van der Waals surface area contributed by atoms with Crippen LogP contribution in [0.4, 0.5) is 0 Å². The van der Waals surface area contributed by atoms with Gasteiger partial charge in [0, 0.05) is 29.6 Å². The molecule has 28 heavy (non-hydrogen) atoms. The lowest BCUT2D eigenvalue weighted by Crippen LogP contribution is -2.46. The topological polar surface area (TPSA) is 83.6 Å². The van der Waals surface area contributed by atoms with Crippen molar-refractivity contribution in [1.29, 1.82) is 0 Å². The number of carbonyl (C=O) groups excluding carboxylic acids is 4. The maximum Gasteiger partial charge on any atom is 0.242 e. The number of nitrogens with zero attached hydrogens (tertiary/aromatic N) is 1. The van der Waals surface area contributed by atoms with E-state index in [-0.39, 0.29) is 23.4 Å². The molecule has 0 bridgehead atoms. The van der Waals surface area contributed by atoms with Crippen LogP contribution < -0.4 is 5.32 Å². The molecule has 0 radical (unpaired) electrons. The summed E-state index contributed by atoms with van der Waals surface area (Å²) < 4.78 is 0. The Morgan fingerprint density at radius 3 is 2.32 bits per heavy atom. The van der Waals surface area contributed by atoms with Gasteiger partial charge in [-0.3, -0.25) is 19.2 Å². The van der Waals surface area contributed by atoms with Crippen LogP contribution >= 0.6 is 11.6 Å². The van der Waals surface area contributed by atoms with E-state index in [0.717, 1.165) is 0 Å². The Kier molecular flexibility index (Phi) is 6.18. The summed E-state index contributed by atoms with van der Waals surface area (Å²) in [7, 11) is 0. The highest BCUT2D eigenvalue weighted by molar-refractivity contribution is 6.30. The van der Waals surface area contributed by atoms with Crippen molar-refractivity contribution in [3.63, 3.8) is 0 Å². The van der Waals surface area contributed by atoms with Crippen LogP contribution in [-0.4, -0.2) is 47.4 Å². The van der Waals surface area contributed by atoms with E-state index >= 15 is 0 Å². The van der Waals surface area contributed by atoms with Crippen LogP contribution in [-0.2, 0) is 14.4 Å². The molecular weight excluding hydrogens is 380 g/mol. The number of nitrogens with one attached hydrogen (secondary N) is 1. The van der Waals surface area contributed by atoms with E-state index in [2.05, 4.69) is 5.32 Å². The fraction of sp³-hybridized carbons (Fsp3) is 0.524. The Balaban J connectivity index is 1.59. The molecular formula is C21H25ClN2O4. The molecule has 1 aromatic carbocycles. The quantitative estimate of drug-likeness (QED) is 0.603. The maximum absolute atomic E-state index is 12.8. The summed E-state index contributed by atoms with van der Waals surface area (Å²) in [4.78, 5) is 51.7. The van der Waals surface area contributed by atoms with Crippen molar-refractivity contribution in [2.45, 2.75) is 39.2 Å². The fourth-order valence-electron chi connectivity index (χ4n) is 3.93. The van der Waals surface area contributed by atoms with E-state index < -0.39 is 23.8 Å². The SMILES string of the molecule is CC(C)CC1NC(=O)C(C(=O)N2CCC(C(=O)c3ccc(Cl)cc3)CC2)C1=O. The Labute approximate surface area is 169 Å². The van der Waals surface area contributed by atoms with E-state index in [0.29, 0.717) is 42.9 Å². The molecule has 2 heterocycles. The average molecular weight is 405 g/mol.